The first-order valence-corrected chi connectivity index (χ1v) is 7.07. The second-order valence-electron chi connectivity index (χ2n) is 5.51. The molecule has 2 rings (SSSR count). The van der Waals surface area contributed by atoms with Gasteiger partial charge in [0.15, 0.2) is 0 Å². The molecule has 1 saturated heterocycles. The smallest absolute Gasteiger partial charge is 0.0810 e. The number of nitrogens with one attached hydrogen (secondary N) is 1. The quantitative estimate of drug-likeness (QED) is 0.863. The summed E-state index contributed by atoms with van der Waals surface area (Å²) in [6, 6.07) is 9.07. The summed E-state index contributed by atoms with van der Waals surface area (Å²) in [5.41, 5.74) is 2.81. The van der Waals surface area contributed by atoms with Crippen molar-refractivity contribution < 1.29 is 4.74 Å². The molecule has 18 heavy (non-hydrogen) atoms. The van der Waals surface area contributed by atoms with Crippen LogP contribution in [0, 0.1) is 6.92 Å². The van der Waals surface area contributed by atoms with Crippen LogP contribution < -0.4 is 5.32 Å². The average molecular weight is 247 g/mol. The zero-order chi connectivity index (χ0) is 13.0. The van der Waals surface area contributed by atoms with E-state index in [2.05, 4.69) is 50.4 Å². The minimum atomic E-state index is -0.00170. The summed E-state index contributed by atoms with van der Waals surface area (Å²) in [5, 5.41) is 3.62. The van der Waals surface area contributed by atoms with Crippen LogP contribution in [0.2, 0.25) is 0 Å². The Hall–Kier alpha value is -0.860. The van der Waals surface area contributed by atoms with E-state index in [4.69, 9.17) is 4.74 Å². The molecule has 1 aromatic carbocycles. The zero-order valence-corrected chi connectivity index (χ0v) is 11.8. The molecular formula is C16H25NO. The fraction of sp³-hybridized carbons (Fsp3) is 0.625. The van der Waals surface area contributed by atoms with Gasteiger partial charge in [-0.1, -0.05) is 31.2 Å². The highest BCUT2D eigenvalue weighted by Gasteiger charge is 2.37. The third-order valence-corrected chi connectivity index (χ3v) is 4.12. The average Bonchev–Trinajstić information content (AvgIpc) is 2.79. The highest BCUT2D eigenvalue weighted by Crippen LogP contribution is 2.30. The number of hydrogen-bond acceptors (Lipinski definition) is 2. The second kappa shape index (κ2) is 5.85. The highest BCUT2D eigenvalue weighted by atomic mass is 16.5. The second-order valence-corrected chi connectivity index (χ2v) is 5.51. The SMILES string of the molecule is CCNC(Cc1ccccc1C)C1(C)CCCO1. The van der Waals surface area contributed by atoms with Crippen molar-refractivity contribution in [2.24, 2.45) is 0 Å². The van der Waals surface area contributed by atoms with Crippen molar-refractivity contribution in [1.29, 1.82) is 0 Å². The fourth-order valence-electron chi connectivity index (χ4n) is 2.88. The van der Waals surface area contributed by atoms with E-state index in [1.807, 2.05) is 0 Å². The van der Waals surface area contributed by atoms with Gasteiger partial charge in [-0.2, -0.15) is 0 Å². The summed E-state index contributed by atoms with van der Waals surface area (Å²) in [6.07, 6.45) is 3.40. The first-order valence-electron chi connectivity index (χ1n) is 7.07. The molecule has 0 aromatic heterocycles. The number of benzene rings is 1. The van der Waals surface area contributed by atoms with E-state index in [-0.39, 0.29) is 5.60 Å². The predicted octanol–water partition coefficient (Wildman–Crippen LogP) is 3.08. The number of ether oxygens (including phenoxy) is 1. The fourth-order valence-corrected chi connectivity index (χ4v) is 2.88. The maximum Gasteiger partial charge on any atom is 0.0810 e. The molecule has 100 valence electrons. The summed E-state index contributed by atoms with van der Waals surface area (Å²) < 4.78 is 6.00. The molecule has 0 bridgehead atoms. The molecule has 1 N–H and O–H groups in total. The Morgan fingerprint density at radius 3 is 2.78 bits per heavy atom. The van der Waals surface area contributed by atoms with Gasteiger partial charge in [0.05, 0.1) is 5.60 Å². The molecule has 2 atom stereocenters. The van der Waals surface area contributed by atoms with Crippen LogP contribution >= 0.6 is 0 Å². The van der Waals surface area contributed by atoms with Gasteiger partial charge in [-0.3, -0.25) is 0 Å². The minimum Gasteiger partial charge on any atom is -0.374 e. The Kier molecular flexibility index (Phi) is 4.41. The highest BCUT2D eigenvalue weighted by molar-refractivity contribution is 5.27. The van der Waals surface area contributed by atoms with E-state index >= 15 is 0 Å². The Balaban J connectivity index is 2.13. The molecule has 0 saturated carbocycles. The molecule has 1 fully saturated rings. The number of likely N-dealkylation sites (N-methyl/N-ethyl adjacent to an activating group) is 1. The lowest BCUT2D eigenvalue weighted by molar-refractivity contribution is -0.0110. The molecule has 2 heteroatoms. The van der Waals surface area contributed by atoms with Crippen molar-refractivity contribution in [1.82, 2.24) is 5.32 Å². The summed E-state index contributed by atoms with van der Waals surface area (Å²) in [4.78, 5) is 0. The van der Waals surface area contributed by atoms with Gasteiger partial charge in [0.1, 0.15) is 0 Å². The first kappa shape index (κ1) is 13.6. The van der Waals surface area contributed by atoms with Crippen molar-refractivity contribution in [2.45, 2.75) is 51.7 Å². The molecule has 2 nitrogen and oxygen atoms in total. The third-order valence-electron chi connectivity index (χ3n) is 4.12. The van der Waals surface area contributed by atoms with Gasteiger partial charge in [0.2, 0.25) is 0 Å². The van der Waals surface area contributed by atoms with Crippen LogP contribution in [0.25, 0.3) is 0 Å². The predicted molar refractivity (Wildman–Crippen MR) is 75.9 cm³/mol. The molecule has 0 amide bonds. The molecular weight excluding hydrogens is 222 g/mol. The van der Waals surface area contributed by atoms with Crippen molar-refractivity contribution in [3.63, 3.8) is 0 Å². The number of aryl methyl sites for hydroxylation is 1. The van der Waals surface area contributed by atoms with Gasteiger partial charge in [-0.15, -0.1) is 0 Å². The van der Waals surface area contributed by atoms with Crippen molar-refractivity contribution in [3.8, 4) is 0 Å². The van der Waals surface area contributed by atoms with Crippen LogP contribution in [-0.2, 0) is 11.2 Å². The molecule has 1 aliphatic heterocycles. The molecule has 2 unspecified atom stereocenters. The summed E-state index contributed by atoms with van der Waals surface area (Å²) in [6.45, 7) is 8.52. The Bertz CT molecular complexity index is 382. The number of hydrogen-bond donors (Lipinski definition) is 1. The largest absolute Gasteiger partial charge is 0.374 e. The molecule has 0 radical (unpaired) electrons. The zero-order valence-electron chi connectivity index (χ0n) is 11.8. The van der Waals surface area contributed by atoms with Crippen LogP contribution in [0.1, 0.15) is 37.8 Å². The van der Waals surface area contributed by atoms with Gasteiger partial charge in [0, 0.05) is 12.6 Å². The van der Waals surface area contributed by atoms with Crippen molar-refractivity contribution in [2.75, 3.05) is 13.2 Å². The Morgan fingerprint density at radius 1 is 1.39 bits per heavy atom. The van der Waals surface area contributed by atoms with E-state index in [0.29, 0.717) is 6.04 Å². The van der Waals surface area contributed by atoms with E-state index in [1.165, 1.54) is 17.5 Å². The Morgan fingerprint density at radius 2 is 2.17 bits per heavy atom. The maximum absolute atomic E-state index is 6.00. The first-order chi connectivity index (χ1) is 8.65. The topological polar surface area (TPSA) is 21.3 Å². The van der Waals surface area contributed by atoms with Crippen LogP contribution in [0.4, 0.5) is 0 Å². The van der Waals surface area contributed by atoms with Gasteiger partial charge in [-0.05, 0) is 50.8 Å². The number of rotatable bonds is 5. The molecule has 1 aromatic rings. The Labute approximate surface area is 111 Å². The van der Waals surface area contributed by atoms with E-state index in [9.17, 15) is 0 Å². The van der Waals surface area contributed by atoms with Crippen LogP contribution in [-0.4, -0.2) is 24.8 Å². The summed E-state index contributed by atoms with van der Waals surface area (Å²) >= 11 is 0. The molecule has 0 aliphatic carbocycles. The standard InChI is InChI=1S/C16H25NO/c1-4-17-15(16(3)10-7-11-18-16)12-14-9-6-5-8-13(14)2/h5-6,8-9,15,17H,4,7,10-12H2,1-3H3. The van der Waals surface area contributed by atoms with Gasteiger partial charge < -0.3 is 10.1 Å². The molecule has 1 heterocycles. The monoisotopic (exact) mass is 247 g/mol. The lowest BCUT2D eigenvalue weighted by Gasteiger charge is -2.34. The summed E-state index contributed by atoms with van der Waals surface area (Å²) in [7, 11) is 0. The van der Waals surface area contributed by atoms with E-state index in [1.54, 1.807) is 0 Å². The van der Waals surface area contributed by atoms with Gasteiger partial charge in [-0.25, -0.2) is 0 Å². The lowest BCUT2D eigenvalue weighted by Crippen LogP contribution is -2.49. The van der Waals surface area contributed by atoms with Crippen molar-refractivity contribution >= 4 is 0 Å². The molecule has 0 spiro atoms. The van der Waals surface area contributed by atoms with Crippen LogP contribution in [0.15, 0.2) is 24.3 Å². The van der Waals surface area contributed by atoms with E-state index in [0.717, 1.165) is 26.0 Å². The van der Waals surface area contributed by atoms with Crippen LogP contribution in [0.3, 0.4) is 0 Å². The van der Waals surface area contributed by atoms with E-state index < -0.39 is 0 Å². The van der Waals surface area contributed by atoms with Gasteiger partial charge in [0.25, 0.3) is 0 Å². The van der Waals surface area contributed by atoms with Gasteiger partial charge >= 0.3 is 0 Å². The summed E-state index contributed by atoms with van der Waals surface area (Å²) in [5.74, 6) is 0. The minimum absolute atomic E-state index is 0.00170. The maximum atomic E-state index is 6.00. The third kappa shape index (κ3) is 2.93. The van der Waals surface area contributed by atoms with Crippen LogP contribution in [0.5, 0.6) is 0 Å². The molecule has 1 aliphatic rings. The normalized spacial score (nSPS) is 25.3. The van der Waals surface area contributed by atoms with Crippen molar-refractivity contribution in [3.05, 3.63) is 35.4 Å². The lowest BCUT2D eigenvalue weighted by atomic mass is 9.87.